The Bertz CT molecular complexity index is 56.6. The molecule has 0 fully saturated rings. The summed E-state index contributed by atoms with van der Waals surface area (Å²) in [5, 5.41) is 0.705. The van der Waals surface area contributed by atoms with E-state index in [0.29, 0.717) is 5.03 Å². The van der Waals surface area contributed by atoms with Gasteiger partial charge in [0.1, 0.15) is 0 Å². The number of rotatable bonds is 1. The summed E-state index contributed by atoms with van der Waals surface area (Å²) < 4.78 is 0. The number of hydrogen-bond donors (Lipinski definition) is 0. The zero-order chi connectivity index (χ0) is 4.99. The first-order chi connectivity index (χ1) is 2.81. The lowest BCUT2D eigenvalue weighted by atomic mass is 10.5. The van der Waals surface area contributed by atoms with Crippen molar-refractivity contribution < 1.29 is 0 Å². The van der Waals surface area contributed by atoms with Crippen molar-refractivity contribution in [3.63, 3.8) is 0 Å². The molecule has 0 saturated carbocycles. The van der Waals surface area contributed by atoms with Crippen LogP contribution in [0.15, 0.2) is 10.6 Å². The Morgan fingerprint density at radius 3 is 2.33 bits per heavy atom. The summed E-state index contributed by atoms with van der Waals surface area (Å²) in [5.41, 5.74) is 1.38. The minimum absolute atomic E-state index is 0.705. The maximum absolute atomic E-state index is 5.38. The molecule has 0 aromatic carbocycles. The minimum atomic E-state index is 0.705. The molecule has 0 radical (unpaired) electrons. The van der Waals surface area contributed by atoms with Gasteiger partial charge >= 0.3 is 0 Å². The van der Waals surface area contributed by atoms with Crippen LogP contribution in [0.4, 0.5) is 0 Å². The summed E-state index contributed by atoms with van der Waals surface area (Å²) in [6, 6.07) is 0. The van der Waals surface area contributed by atoms with Gasteiger partial charge in [0.05, 0.1) is 0 Å². The topological polar surface area (TPSA) is 0 Å². The van der Waals surface area contributed by atoms with Gasteiger partial charge in [-0.1, -0.05) is 30.1 Å². The Morgan fingerprint density at radius 2 is 2.33 bits per heavy atom. The Hall–Kier alpha value is 0.320. The van der Waals surface area contributed by atoms with E-state index in [1.54, 1.807) is 0 Å². The molecule has 0 saturated heterocycles. The molecule has 0 unspecified atom stereocenters. The third-order valence-electron chi connectivity index (χ3n) is 0.456. The fourth-order valence-electron chi connectivity index (χ4n) is 0.0772. The average molecular weight is 125 g/mol. The first-order valence-corrected chi connectivity index (χ1v) is 2.57. The highest BCUT2D eigenvalue weighted by molar-refractivity contribution is 6.36. The van der Waals surface area contributed by atoms with Crippen LogP contribution < -0.4 is 0 Å². The van der Waals surface area contributed by atoms with Crippen LogP contribution in [0.5, 0.6) is 0 Å². The lowest BCUT2D eigenvalue weighted by Crippen LogP contribution is -1.57. The van der Waals surface area contributed by atoms with E-state index in [4.69, 9.17) is 23.2 Å². The first kappa shape index (κ1) is 6.32. The summed E-state index contributed by atoms with van der Waals surface area (Å²) in [6.07, 6.45) is 0.824. The van der Waals surface area contributed by atoms with Crippen molar-refractivity contribution in [2.45, 2.75) is 13.3 Å². The van der Waals surface area contributed by atoms with Crippen LogP contribution in [0.25, 0.3) is 0 Å². The van der Waals surface area contributed by atoms with E-state index in [1.165, 1.54) is 5.54 Å². The zero-order valence-electron chi connectivity index (χ0n) is 3.54. The van der Waals surface area contributed by atoms with E-state index in [2.05, 4.69) is 0 Å². The highest BCUT2D eigenvalue weighted by atomic mass is 35.5. The minimum Gasteiger partial charge on any atom is -0.0917 e. The van der Waals surface area contributed by atoms with Crippen LogP contribution >= 0.6 is 23.2 Å². The molecule has 0 amide bonds. The Kier molecular flexibility index (Phi) is 3.70. The molecule has 0 bridgehead atoms. The molecule has 0 rings (SSSR count). The van der Waals surface area contributed by atoms with E-state index in [0.717, 1.165) is 6.42 Å². The monoisotopic (exact) mass is 124 g/mol. The molecule has 0 aliphatic rings. The van der Waals surface area contributed by atoms with Gasteiger partial charge < -0.3 is 0 Å². The van der Waals surface area contributed by atoms with Gasteiger partial charge in [-0.3, -0.25) is 0 Å². The van der Waals surface area contributed by atoms with E-state index in [1.807, 2.05) is 6.92 Å². The van der Waals surface area contributed by atoms with Gasteiger partial charge in [0.2, 0.25) is 0 Å². The molecule has 0 aliphatic carbocycles. The highest BCUT2D eigenvalue weighted by Crippen LogP contribution is 2.05. The number of halogens is 2. The predicted octanol–water partition coefficient (Wildman–Crippen LogP) is 2.72. The van der Waals surface area contributed by atoms with Crippen molar-refractivity contribution in [1.82, 2.24) is 0 Å². The summed E-state index contributed by atoms with van der Waals surface area (Å²) in [4.78, 5) is 0. The van der Waals surface area contributed by atoms with Crippen molar-refractivity contribution in [1.29, 1.82) is 0 Å². The molecular weight excluding hydrogens is 119 g/mol. The van der Waals surface area contributed by atoms with Crippen LogP contribution in [0.3, 0.4) is 0 Å². The van der Waals surface area contributed by atoms with Crippen molar-refractivity contribution in [3.05, 3.63) is 10.6 Å². The van der Waals surface area contributed by atoms with Gasteiger partial charge in [0, 0.05) is 10.6 Å². The number of allylic oxidation sites excluding steroid dienone is 1. The van der Waals surface area contributed by atoms with E-state index in [9.17, 15) is 0 Å². The molecule has 0 atom stereocenters. The van der Waals surface area contributed by atoms with Gasteiger partial charge in [-0.2, -0.15) is 0 Å². The fourth-order valence-corrected chi connectivity index (χ4v) is 0.231. The van der Waals surface area contributed by atoms with Crippen LogP contribution in [0, 0.1) is 0 Å². The molecule has 0 nitrogen and oxygen atoms in total. The smallest absolute Gasteiger partial charge is 0.0291 e. The summed E-state index contributed by atoms with van der Waals surface area (Å²) >= 11 is 10.5. The summed E-state index contributed by atoms with van der Waals surface area (Å²) in [7, 11) is 0. The molecule has 0 aromatic heterocycles. The highest BCUT2D eigenvalue weighted by Gasteiger charge is 1.78. The van der Waals surface area contributed by atoms with Crippen molar-refractivity contribution in [2.75, 3.05) is 0 Å². The molecule has 0 aromatic rings. The molecule has 36 valence electrons. The molecule has 6 heavy (non-hydrogen) atoms. The second-order valence-electron chi connectivity index (χ2n) is 0.910. The van der Waals surface area contributed by atoms with Crippen molar-refractivity contribution >= 4 is 23.2 Å². The van der Waals surface area contributed by atoms with Gasteiger partial charge in [0.25, 0.3) is 0 Å². The summed E-state index contributed by atoms with van der Waals surface area (Å²) in [5.74, 6) is 0. The van der Waals surface area contributed by atoms with Crippen LogP contribution in [-0.2, 0) is 0 Å². The van der Waals surface area contributed by atoms with E-state index >= 15 is 0 Å². The summed E-state index contributed by atoms with van der Waals surface area (Å²) in [6.45, 7) is 1.95. The van der Waals surface area contributed by atoms with Crippen molar-refractivity contribution in [2.24, 2.45) is 0 Å². The average Bonchev–Trinajstić information content (AvgIpc) is 1.65. The fraction of sp³-hybridized carbons (Fsp3) is 0.500. The van der Waals surface area contributed by atoms with Crippen molar-refractivity contribution in [3.8, 4) is 0 Å². The SMILES string of the molecule is CCC(Cl)=CCl. The molecule has 0 N–H and O–H groups in total. The van der Waals surface area contributed by atoms with Gasteiger partial charge in [-0.15, -0.1) is 0 Å². The first-order valence-electron chi connectivity index (χ1n) is 1.76. The maximum Gasteiger partial charge on any atom is 0.0291 e. The largest absolute Gasteiger partial charge is 0.0917 e. The third-order valence-corrected chi connectivity index (χ3v) is 1.21. The third kappa shape index (κ3) is 2.55. The van der Waals surface area contributed by atoms with Gasteiger partial charge in [-0.05, 0) is 6.42 Å². The lowest BCUT2D eigenvalue weighted by Gasteiger charge is -1.80. The van der Waals surface area contributed by atoms with Crippen LogP contribution in [-0.4, -0.2) is 0 Å². The molecule has 0 aliphatic heterocycles. The normalized spacial score (nSPS) is 12.2. The molecule has 0 heterocycles. The standard InChI is InChI=1S/C4H6Cl2/c1-2-4(6)3-5/h3H,2H2,1H3. The Balaban J connectivity index is 3.22. The second kappa shape index (κ2) is 3.51. The quantitative estimate of drug-likeness (QED) is 0.505. The Morgan fingerprint density at radius 1 is 1.83 bits per heavy atom. The molecule has 2 heteroatoms. The predicted molar refractivity (Wildman–Crippen MR) is 30.1 cm³/mol. The van der Waals surface area contributed by atoms with E-state index < -0.39 is 0 Å². The zero-order valence-corrected chi connectivity index (χ0v) is 5.05. The maximum atomic E-state index is 5.38. The van der Waals surface area contributed by atoms with E-state index in [-0.39, 0.29) is 0 Å². The van der Waals surface area contributed by atoms with Gasteiger partial charge in [0.15, 0.2) is 0 Å². The molecular formula is C4H6Cl2. The molecule has 0 spiro atoms. The van der Waals surface area contributed by atoms with Crippen LogP contribution in [0.2, 0.25) is 0 Å². The van der Waals surface area contributed by atoms with Crippen LogP contribution in [0.1, 0.15) is 13.3 Å². The lowest BCUT2D eigenvalue weighted by molar-refractivity contribution is 1.20. The Labute approximate surface area is 47.8 Å². The number of hydrogen-bond acceptors (Lipinski definition) is 0. The van der Waals surface area contributed by atoms with Gasteiger partial charge in [-0.25, -0.2) is 0 Å². The second-order valence-corrected chi connectivity index (χ2v) is 1.61.